The fraction of sp³-hybridized carbons (Fsp3) is 0.450. The molecule has 0 aromatic carbocycles. The highest BCUT2D eigenvalue weighted by Crippen LogP contribution is 2.40. The van der Waals surface area contributed by atoms with Gasteiger partial charge in [0.1, 0.15) is 0 Å². The monoisotopic (exact) mass is 333 g/mol. The van der Waals surface area contributed by atoms with Gasteiger partial charge in [-0.15, -0.1) is 0 Å². The minimum absolute atomic E-state index is 0.260. The number of hydrogen-bond acceptors (Lipinski definition) is 3. The molecule has 4 heteroatoms. The Labute approximate surface area is 145 Å². The number of carboxylic acids is 1. The lowest BCUT2D eigenvalue weighted by Crippen LogP contribution is -2.19. The Morgan fingerprint density at radius 2 is 1.79 bits per heavy atom. The van der Waals surface area contributed by atoms with Crippen molar-refractivity contribution < 1.29 is 15.1 Å². The van der Waals surface area contributed by atoms with E-state index in [4.69, 9.17) is 10.3 Å². The standard InChI is InChI=1S/C20H28O2.H3NO/c1-15(8-6-9-16(2)14-19(21)22)11-12-18-17(3)10-7-13-20(18,4)5;1-2/h6,8-9,11-12,14H,7,10,13H2,1-5H3,(H,21,22);2H,1H2/b9-6+,12-11+,15-8+,16-14+;. The maximum Gasteiger partial charge on any atom is 0.328 e. The summed E-state index contributed by atoms with van der Waals surface area (Å²) in [6.45, 7) is 10.7. The lowest BCUT2D eigenvalue weighted by atomic mass is 9.72. The van der Waals surface area contributed by atoms with Crippen molar-refractivity contribution in [3.05, 3.63) is 58.7 Å². The average molecular weight is 333 g/mol. The third-order valence-corrected chi connectivity index (χ3v) is 4.12. The lowest BCUT2D eigenvalue weighted by molar-refractivity contribution is -0.131. The van der Waals surface area contributed by atoms with E-state index in [9.17, 15) is 4.79 Å². The van der Waals surface area contributed by atoms with Gasteiger partial charge < -0.3 is 10.3 Å². The summed E-state index contributed by atoms with van der Waals surface area (Å²) in [6, 6.07) is 0. The van der Waals surface area contributed by atoms with Crippen LogP contribution in [0.4, 0.5) is 0 Å². The van der Waals surface area contributed by atoms with Crippen molar-refractivity contribution in [2.75, 3.05) is 0 Å². The number of carboxylic acid groups (broad SMARTS) is 1. The molecule has 0 bridgehead atoms. The summed E-state index contributed by atoms with van der Waals surface area (Å²) in [5.74, 6) is 2.59. The van der Waals surface area contributed by atoms with Crippen LogP contribution in [0.2, 0.25) is 0 Å². The predicted octanol–water partition coefficient (Wildman–Crippen LogP) is 4.94. The second-order valence-electron chi connectivity index (χ2n) is 6.76. The highest BCUT2D eigenvalue weighted by atomic mass is 16.4. The maximum absolute atomic E-state index is 10.5. The van der Waals surface area contributed by atoms with E-state index in [1.165, 1.54) is 36.5 Å². The number of rotatable bonds is 5. The minimum Gasteiger partial charge on any atom is -0.478 e. The van der Waals surface area contributed by atoms with Gasteiger partial charge in [0.2, 0.25) is 0 Å². The Hall–Kier alpha value is -1.91. The van der Waals surface area contributed by atoms with Gasteiger partial charge in [-0.05, 0) is 56.6 Å². The molecule has 0 spiro atoms. The quantitative estimate of drug-likeness (QED) is 0.378. The second-order valence-corrected chi connectivity index (χ2v) is 6.76. The van der Waals surface area contributed by atoms with Gasteiger partial charge in [-0.25, -0.2) is 10.7 Å². The van der Waals surface area contributed by atoms with Crippen molar-refractivity contribution in [3.63, 3.8) is 0 Å². The molecule has 134 valence electrons. The van der Waals surface area contributed by atoms with Gasteiger partial charge in [0.15, 0.2) is 0 Å². The van der Waals surface area contributed by atoms with E-state index in [2.05, 4.69) is 45.7 Å². The maximum atomic E-state index is 10.5. The van der Waals surface area contributed by atoms with Gasteiger partial charge in [0.25, 0.3) is 0 Å². The summed E-state index contributed by atoms with van der Waals surface area (Å²) in [6.07, 6.45) is 15.0. The van der Waals surface area contributed by atoms with Gasteiger partial charge in [-0.1, -0.05) is 55.4 Å². The van der Waals surface area contributed by atoms with Crippen LogP contribution >= 0.6 is 0 Å². The van der Waals surface area contributed by atoms with Gasteiger partial charge in [-0.2, -0.15) is 0 Å². The van der Waals surface area contributed by atoms with Crippen LogP contribution in [-0.4, -0.2) is 16.3 Å². The summed E-state index contributed by atoms with van der Waals surface area (Å²) in [5.41, 5.74) is 5.09. The molecule has 4 N–H and O–H groups in total. The van der Waals surface area contributed by atoms with Crippen molar-refractivity contribution in [1.29, 1.82) is 0 Å². The molecule has 0 unspecified atom stereocenters. The fourth-order valence-electron chi connectivity index (χ4n) is 2.88. The van der Waals surface area contributed by atoms with Crippen LogP contribution in [0.5, 0.6) is 0 Å². The summed E-state index contributed by atoms with van der Waals surface area (Å²) in [4.78, 5) is 10.5. The van der Waals surface area contributed by atoms with Crippen LogP contribution in [0.15, 0.2) is 58.7 Å². The smallest absolute Gasteiger partial charge is 0.328 e. The van der Waals surface area contributed by atoms with Gasteiger partial charge in [-0.3, -0.25) is 0 Å². The average Bonchev–Trinajstić information content (AvgIpc) is 2.47. The van der Waals surface area contributed by atoms with Crippen molar-refractivity contribution in [2.24, 2.45) is 11.3 Å². The molecule has 0 atom stereocenters. The zero-order valence-corrected chi connectivity index (χ0v) is 15.5. The van der Waals surface area contributed by atoms with Crippen molar-refractivity contribution >= 4 is 5.97 Å². The molecular weight excluding hydrogens is 302 g/mol. The Morgan fingerprint density at radius 1 is 1.17 bits per heavy atom. The van der Waals surface area contributed by atoms with E-state index in [-0.39, 0.29) is 5.41 Å². The number of carbonyl (C=O) groups is 1. The zero-order valence-electron chi connectivity index (χ0n) is 15.5. The van der Waals surface area contributed by atoms with Crippen LogP contribution in [-0.2, 0) is 4.79 Å². The third-order valence-electron chi connectivity index (χ3n) is 4.12. The summed E-state index contributed by atoms with van der Waals surface area (Å²) in [7, 11) is 0. The first-order valence-electron chi connectivity index (χ1n) is 8.13. The zero-order chi connectivity index (χ0) is 18.8. The number of hydrogen-bond donors (Lipinski definition) is 3. The molecule has 1 aliphatic carbocycles. The molecule has 0 amide bonds. The molecule has 4 nitrogen and oxygen atoms in total. The minimum atomic E-state index is -0.912. The number of allylic oxidation sites excluding steroid dienone is 9. The molecule has 0 saturated heterocycles. The van der Waals surface area contributed by atoms with E-state index in [0.717, 1.165) is 11.1 Å². The van der Waals surface area contributed by atoms with Crippen molar-refractivity contribution in [3.8, 4) is 0 Å². The summed E-state index contributed by atoms with van der Waals surface area (Å²) in [5, 5.41) is 15.2. The molecule has 24 heavy (non-hydrogen) atoms. The predicted molar refractivity (Wildman–Crippen MR) is 99.7 cm³/mol. The molecule has 0 radical (unpaired) electrons. The van der Waals surface area contributed by atoms with E-state index in [1.807, 2.05) is 12.2 Å². The van der Waals surface area contributed by atoms with Crippen LogP contribution < -0.4 is 5.90 Å². The molecule has 1 rings (SSSR count). The van der Waals surface area contributed by atoms with E-state index in [1.54, 1.807) is 13.0 Å². The third kappa shape index (κ3) is 8.09. The Morgan fingerprint density at radius 3 is 2.33 bits per heavy atom. The molecular formula is C20H31NO3. The molecule has 1 aliphatic rings. The first-order valence-corrected chi connectivity index (χ1v) is 8.13. The molecule has 0 saturated carbocycles. The van der Waals surface area contributed by atoms with Crippen LogP contribution in [0.1, 0.15) is 53.9 Å². The summed E-state index contributed by atoms with van der Waals surface area (Å²) >= 11 is 0. The highest BCUT2D eigenvalue weighted by molar-refractivity contribution is 5.81. The molecule has 0 heterocycles. The van der Waals surface area contributed by atoms with E-state index >= 15 is 0 Å². The second kappa shape index (κ2) is 10.8. The SMILES string of the molecule is CC1=C(/C=C/C(C)=C/C=C/C(C)=C/C(=O)O)C(C)(C)CCC1.NO. The van der Waals surface area contributed by atoms with Gasteiger partial charge in [0.05, 0.1) is 0 Å². The largest absolute Gasteiger partial charge is 0.478 e. The molecule has 0 aromatic rings. The highest BCUT2D eigenvalue weighted by Gasteiger charge is 2.26. The molecule has 0 aromatic heterocycles. The number of aliphatic carboxylic acids is 1. The van der Waals surface area contributed by atoms with Gasteiger partial charge >= 0.3 is 5.97 Å². The normalized spacial score (nSPS) is 18.8. The lowest BCUT2D eigenvalue weighted by Gasteiger charge is -2.32. The van der Waals surface area contributed by atoms with E-state index in [0.29, 0.717) is 0 Å². The van der Waals surface area contributed by atoms with Crippen LogP contribution in [0.3, 0.4) is 0 Å². The van der Waals surface area contributed by atoms with E-state index < -0.39 is 5.97 Å². The first-order chi connectivity index (χ1) is 11.2. The van der Waals surface area contributed by atoms with Crippen LogP contribution in [0, 0.1) is 5.41 Å². The Kier molecular flexibility index (Phi) is 9.93. The summed E-state index contributed by atoms with van der Waals surface area (Å²) < 4.78 is 0. The Balaban J connectivity index is 0.00000254. The molecule has 0 aliphatic heterocycles. The van der Waals surface area contributed by atoms with Crippen molar-refractivity contribution in [1.82, 2.24) is 0 Å². The Bertz CT molecular complexity index is 576. The van der Waals surface area contributed by atoms with Gasteiger partial charge in [0, 0.05) is 6.08 Å². The fourth-order valence-corrected chi connectivity index (χ4v) is 2.88. The molecule has 0 fully saturated rings. The van der Waals surface area contributed by atoms with Crippen molar-refractivity contribution in [2.45, 2.75) is 53.9 Å². The topological polar surface area (TPSA) is 83.5 Å². The number of nitrogens with two attached hydrogens (primary N) is 1. The first kappa shape index (κ1) is 22.1. The van der Waals surface area contributed by atoms with Crippen LogP contribution in [0.25, 0.3) is 0 Å².